The van der Waals surface area contributed by atoms with Gasteiger partial charge < -0.3 is 5.32 Å². The quantitative estimate of drug-likeness (QED) is 0.799. The first-order valence-corrected chi connectivity index (χ1v) is 5.93. The molecular weight excluding hydrogens is 196 g/mol. The van der Waals surface area contributed by atoms with Gasteiger partial charge in [0, 0.05) is 24.9 Å². The number of rotatable bonds is 2. The lowest BCUT2D eigenvalue weighted by Gasteiger charge is -2.15. The van der Waals surface area contributed by atoms with Crippen LogP contribution in [0.2, 0.25) is 0 Å². The molecule has 1 aliphatic rings. The van der Waals surface area contributed by atoms with Gasteiger partial charge in [0.05, 0.1) is 0 Å². The van der Waals surface area contributed by atoms with Gasteiger partial charge in [-0.05, 0) is 18.2 Å². The molecule has 0 spiro atoms. The average Bonchev–Trinajstić information content (AvgIpc) is 2.66. The van der Waals surface area contributed by atoms with Crippen molar-refractivity contribution in [3.8, 4) is 0 Å². The fourth-order valence-corrected chi connectivity index (χ4v) is 2.72. The Bertz CT molecular complexity index is 369. The Morgan fingerprint density at radius 3 is 3.14 bits per heavy atom. The molecule has 3 nitrogen and oxygen atoms in total. The van der Waals surface area contributed by atoms with E-state index in [9.17, 15) is 4.79 Å². The summed E-state index contributed by atoms with van der Waals surface area (Å²) in [4.78, 5) is 11.3. The van der Waals surface area contributed by atoms with Gasteiger partial charge in [0.15, 0.2) is 0 Å². The first-order chi connectivity index (χ1) is 6.77. The lowest BCUT2D eigenvalue weighted by atomic mass is 10.2. The highest BCUT2D eigenvalue weighted by Gasteiger charge is 2.15. The molecule has 2 heterocycles. The van der Waals surface area contributed by atoms with Crippen molar-refractivity contribution in [2.24, 2.45) is 7.05 Å². The average molecular weight is 210 g/mol. The number of anilines is 1. The van der Waals surface area contributed by atoms with Crippen molar-refractivity contribution in [2.45, 2.75) is 12.5 Å². The van der Waals surface area contributed by atoms with E-state index in [1.54, 1.807) is 23.7 Å². The van der Waals surface area contributed by atoms with Crippen LogP contribution in [-0.4, -0.2) is 22.1 Å². The zero-order valence-electron chi connectivity index (χ0n) is 8.19. The fraction of sp³-hybridized carbons (Fsp3) is 0.500. The van der Waals surface area contributed by atoms with Gasteiger partial charge in [-0.3, -0.25) is 9.36 Å². The highest BCUT2D eigenvalue weighted by Crippen LogP contribution is 2.20. The van der Waals surface area contributed by atoms with Crippen LogP contribution in [0.15, 0.2) is 23.0 Å². The Labute approximate surface area is 87.5 Å². The summed E-state index contributed by atoms with van der Waals surface area (Å²) in [7, 11) is 1.80. The monoisotopic (exact) mass is 210 g/mol. The van der Waals surface area contributed by atoms with Crippen molar-refractivity contribution in [2.75, 3.05) is 16.8 Å². The molecule has 2 rings (SSSR count). The number of nitrogens with one attached hydrogen (secondary N) is 1. The normalized spacial score (nSPS) is 21.1. The Balaban J connectivity index is 2.15. The molecule has 14 heavy (non-hydrogen) atoms. The van der Waals surface area contributed by atoms with E-state index in [0.29, 0.717) is 6.04 Å². The smallest absolute Gasteiger partial charge is 0.251 e. The summed E-state index contributed by atoms with van der Waals surface area (Å²) in [5, 5.41) is 3.39. The number of aromatic nitrogens is 1. The molecule has 76 valence electrons. The minimum atomic E-state index is 0.0423. The molecule has 1 fully saturated rings. The van der Waals surface area contributed by atoms with E-state index in [1.807, 2.05) is 17.8 Å². The number of thioether (sulfide) groups is 1. The SMILES string of the molecule is Cn1c(NC2CCSC2)cccc1=O. The van der Waals surface area contributed by atoms with Gasteiger partial charge in [0.25, 0.3) is 5.56 Å². The van der Waals surface area contributed by atoms with Crippen molar-refractivity contribution in [1.29, 1.82) is 0 Å². The molecule has 1 unspecified atom stereocenters. The Kier molecular flexibility index (Phi) is 2.82. The van der Waals surface area contributed by atoms with Crippen LogP contribution in [0.4, 0.5) is 5.82 Å². The van der Waals surface area contributed by atoms with Crippen LogP contribution in [0, 0.1) is 0 Å². The van der Waals surface area contributed by atoms with E-state index in [2.05, 4.69) is 5.32 Å². The molecule has 1 N–H and O–H groups in total. The summed E-state index contributed by atoms with van der Waals surface area (Å²) >= 11 is 1.96. The van der Waals surface area contributed by atoms with Crippen molar-refractivity contribution in [3.05, 3.63) is 28.6 Å². The maximum Gasteiger partial charge on any atom is 0.251 e. The lowest BCUT2D eigenvalue weighted by molar-refractivity contribution is 0.773. The molecular formula is C10H14N2OS. The van der Waals surface area contributed by atoms with Crippen LogP contribution in [0.5, 0.6) is 0 Å². The van der Waals surface area contributed by atoms with Gasteiger partial charge in [0.1, 0.15) is 5.82 Å². The predicted molar refractivity (Wildman–Crippen MR) is 61.0 cm³/mol. The summed E-state index contributed by atoms with van der Waals surface area (Å²) in [6.07, 6.45) is 1.19. The highest BCUT2D eigenvalue weighted by atomic mass is 32.2. The van der Waals surface area contributed by atoms with Crippen LogP contribution in [0.3, 0.4) is 0 Å². The Morgan fingerprint density at radius 2 is 2.43 bits per heavy atom. The second-order valence-corrected chi connectivity index (χ2v) is 4.66. The molecule has 1 aliphatic heterocycles. The van der Waals surface area contributed by atoms with E-state index in [4.69, 9.17) is 0 Å². The van der Waals surface area contributed by atoms with Gasteiger partial charge in [-0.1, -0.05) is 6.07 Å². The summed E-state index contributed by atoms with van der Waals surface area (Å²) in [5.74, 6) is 3.28. The topological polar surface area (TPSA) is 34.0 Å². The largest absolute Gasteiger partial charge is 0.368 e. The van der Waals surface area contributed by atoms with Crippen molar-refractivity contribution in [3.63, 3.8) is 0 Å². The van der Waals surface area contributed by atoms with Gasteiger partial charge in [-0.25, -0.2) is 0 Å². The van der Waals surface area contributed by atoms with Crippen LogP contribution < -0.4 is 10.9 Å². The molecule has 0 aliphatic carbocycles. The summed E-state index contributed by atoms with van der Waals surface area (Å²) in [6, 6.07) is 5.85. The van der Waals surface area contributed by atoms with E-state index in [-0.39, 0.29) is 5.56 Å². The molecule has 4 heteroatoms. The van der Waals surface area contributed by atoms with E-state index < -0.39 is 0 Å². The minimum absolute atomic E-state index is 0.0423. The van der Waals surface area contributed by atoms with Gasteiger partial charge in [-0.15, -0.1) is 0 Å². The van der Waals surface area contributed by atoms with Crippen LogP contribution in [-0.2, 0) is 7.05 Å². The third-order valence-corrected chi connectivity index (χ3v) is 3.63. The molecule has 0 amide bonds. The molecule has 1 atom stereocenters. The number of pyridine rings is 1. The van der Waals surface area contributed by atoms with Gasteiger partial charge >= 0.3 is 0 Å². The minimum Gasteiger partial charge on any atom is -0.368 e. The molecule has 1 aromatic heterocycles. The number of hydrogen-bond acceptors (Lipinski definition) is 3. The third-order valence-electron chi connectivity index (χ3n) is 2.47. The number of hydrogen-bond donors (Lipinski definition) is 1. The van der Waals surface area contributed by atoms with Crippen LogP contribution in [0.25, 0.3) is 0 Å². The predicted octanol–water partition coefficient (Wildman–Crippen LogP) is 1.30. The summed E-state index contributed by atoms with van der Waals surface area (Å²) < 4.78 is 1.66. The van der Waals surface area contributed by atoms with Crippen molar-refractivity contribution < 1.29 is 0 Å². The molecule has 0 radical (unpaired) electrons. The van der Waals surface area contributed by atoms with E-state index in [0.717, 1.165) is 11.6 Å². The molecule has 0 bridgehead atoms. The molecule has 1 aromatic rings. The lowest BCUT2D eigenvalue weighted by Crippen LogP contribution is -2.25. The zero-order chi connectivity index (χ0) is 9.97. The second-order valence-electron chi connectivity index (χ2n) is 3.51. The maximum absolute atomic E-state index is 11.3. The van der Waals surface area contributed by atoms with Gasteiger partial charge in [-0.2, -0.15) is 11.8 Å². The standard InChI is InChI=1S/C10H14N2OS/c1-12-9(3-2-4-10(12)13)11-8-5-6-14-7-8/h2-4,8,11H,5-7H2,1H3. The van der Waals surface area contributed by atoms with Crippen LogP contribution in [0.1, 0.15) is 6.42 Å². The Hall–Kier alpha value is -0.900. The van der Waals surface area contributed by atoms with Crippen molar-refractivity contribution in [1.82, 2.24) is 4.57 Å². The maximum atomic E-state index is 11.3. The third kappa shape index (κ3) is 1.95. The summed E-state index contributed by atoms with van der Waals surface area (Å²) in [5.41, 5.74) is 0.0423. The van der Waals surface area contributed by atoms with Gasteiger partial charge in [0.2, 0.25) is 0 Å². The fourth-order valence-electron chi connectivity index (χ4n) is 1.57. The van der Waals surface area contributed by atoms with Crippen LogP contribution >= 0.6 is 11.8 Å². The first kappa shape index (κ1) is 9.65. The van der Waals surface area contributed by atoms with E-state index in [1.165, 1.54) is 12.2 Å². The van der Waals surface area contributed by atoms with Crippen molar-refractivity contribution >= 4 is 17.6 Å². The second kappa shape index (κ2) is 4.09. The molecule has 1 saturated heterocycles. The van der Waals surface area contributed by atoms with E-state index >= 15 is 0 Å². The highest BCUT2D eigenvalue weighted by molar-refractivity contribution is 7.99. The first-order valence-electron chi connectivity index (χ1n) is 4.78. The molecule has 0 aromatic carbocycles. The number of nitrogens with zero attached hydrogens (tertiary/aromatic N) is 1. The summed E-state index contributed by atoms with van der Waals surface area (Å²) in [6.45, 7) is 0. The zero-order valence-corrected chi connectivity index (χ0v) is 9.01. The Morgan fingerprint density at radius 1 is 1.57 bits per heavy atom. The molecule has 0 saturated carbocycles.